The number of hydrogen-bond donors (Lipinski definition) is 0. The Hall–Kier alpha value is -3.24. The van der Waals surface area contributed by atoms with E-state index in [-0.39, 0.29) is 0 Å². The Morgan fingerprint density at radius 1 is 0.903 bits per heavy atom. The molecule has 1 aromatic heterocycles. The summed E-state index contributed by atoms with van der Waals surface area (Å²) in [5, 5.41) is 1.17. The number of para-hydroxylation sites is 1. The smallest absolute Gasteiger partial charge is 0.128 e. The van der Waals surface area contributed by atoms with Gasteiger partial charge in [0, 0.05) is 16.0 Å². The molecule has 0 unspecified atom stereocenters. The van der Waals surface area contributed by atoms with Crippen LogP contribution in [0.15, 0.2) is 77.7 Å². The van der Waals surface area contributed by atoms with Gasteiger partial charge in [-0.25, -0.2) is 4.98 Å². The van der Waals surface area contributed by atoms with Crippen LogP contribution in [0.4, 0.5) is 0 Å². The molecule has 0 amide bonds. The van der Waals surface area contributed by atoms with Crippen LogP contribution >= 0.6 is 11.8 Å². The minimum atomic E-state index is 0.679. The van der Waals surface area contributed by atoms with Crippen LogP contribution in [-0.2, 0) is 6.42 Å². The molecule has 31 heavy (non-hydrogen) atoms. The van der Waals surface area contributed by atoms with E-state index >= 15 is 0 Å². The third-order valence-electron chi connectivity index (χ3n) is 5.24. The summed E-state index contributed by atoms with van der Waals surface area (Å²) in [6.07, 6.45) is 5.30. The van der Waals surface area contributed by atoms with Crippen molar-refractivity contribution < 1.29 is 9.47 Å². The van der Waals surface area contributed by atoms with E-state index in [1.807, 2.05) is 67.2 Å². The van der Waals surface area contributed by atoms with Crippen molar-refractivity contribution in [3.63, 3.8) is 0 Å². The van der Waals surface area contributed by atoms with Crippen molar-refractivity contribution in [2.45, 2.75) is 18.2 Å². The lowest BCUT2D eigenvalue weighted by molar-refractivity contribution is 0.340. The van der Waals surface area contributed by atoms with Crippen LogP contribution in [0, 0.1) is 0 Å². The molecule has 0 radical (unpaired) electrons. The van der Waals surface area contributed by atoms with Crippen LogP contribution in [0.25, 0.3) is 23.1 Å². The van der Waals surface area contributed by atoms with Gasteiger partial charge in [0.1, 0.15) is 17.2 Å². The van der Waals surface area contributed by atoms with Gasteiger partial charge in [0.2, 0.25) is 0 Å². The van der Waals surface area contributed by atoms with Crippen molar-refractivity contribution in [3.8, 4) is 17.2 Å². The SMILES string of the molecule is CCOc1ccc(C=Cc2nc3ccc(Oc4ccccc4)cc3c3c2CCS3)cc1. The highest BCUT2D eigenvalue weighted by Gasteiger charge is 2.20. The average molecular weight is 426 g/mol. The topological polar surface area (TPSA) is 31.4 Å². The second-order valence-electron chi connectivity index (χ2n) is 7.33. The Kier molecular flexibility index (Phi) is 5.63. The molecular weight excluding hydrogens is 402 g/mol. The first-order valence-electron chi connectivity index (χ1n) is 10.5. The molecule has 0 spiro atoms. The van der Waals surface area contributed by atoms with Gasteiger partial charge in [-0.15, -0.1) is 11.8 Å². The van der Waals surface area contributed by atoms with Crippen LogP contribution in [0.2, 0.25) is 0 Å². The summed E-state index contributed by atoms with van der Waals surface area (Å²) in [5.74, 6) is 3.67. The highest BCUT2D eigenvalue weighted by Crippen LogP contribution is 2.40. The minimum absolute atomic E-state index is 0.679. The zero-order chi connectivity index (χ0) is 21.0. The Bertz CT molecular complexity index is 1230. The van der Waals surface area contributed by atoms with E-state index in [2.05, 4.69) is 36.4 Å². The molecule has 0 saturated heterocycles. The molecule has 154 valence electrons. The van der Waals surface area contributed by atoms with E-state index in [0.717, 1.165) is 46.2 Å². The van der Waals surface area contributed by atoms with Crippen LogP contribution in [0.1, 0.15) is 23.7 Å². The van der Waals surface area contributed by atoms with Crippen molar-refractivity contribution in [1.29, 1.82) is 0 Å². The summed E-state index contributed by atoms with van der Waals surface area (Å²) in [4.78, 5) is 6.31. The van der Waals surface area contributed by atoms with Crippen molar-refractivity contribution in [1.82, 2.24) is 4.98 Å². The first kappa shape index (κ1) is 19.7. The summed E-state index contributed by atoms with van der Waals surface area (Å²) in [5.41, 5.74) is 4.52. The lowest BCUT2D eigenvalue weighted by Gasteiger charge is -2.11. The first-order chi connectivity index (χ1) is 15.3. The summed E-state index contributed by atoms with van der Waals surface area (Å²) < 4.78 is 11.6. The monoisotopic (exact) mass is 425 g/mol. The molecule has 5 rings (SSSR count). The predicted octanol–water partition coefficient (Wildman–Crippen LogP) is 7.24. The number of pyridine rings is 1. The molecular formula is C27H23NO2S. The summed E-state index contributed by atoms with van der Waals surface area (Å²) in [6, 6.07) is 24.2. The second kappa shape index (κ2) is 8.86. The van der Waals surface area contributed by atoms with Gasteiger partial charge in [-0.2, -0.15) is 0 Å². The van der Waals surface area contributed by atoms with Crippen molar-refractivity contribution in [2.24, 2.45) is 0 Å². The van der Waals surface area contributed by atoms with Crippen LogP contribution in [0.3, 0.4) is 0 Å². The Labute approximate surface area is 186 Å². The lowest BCUT2D eigenvalue weighted by atomic mass is 10.1. The summed E-state index contributed by atoms with van der Waals surface area (Å²) >= 11 is 1.91. The molecule has 4 aromatic rings. The second-order valence-corrected chi connectivity index (χ2v) is 8.44. The van der Waals surface area contributed by atoms with Crippen molar-refractivity contribution in [2.75, 3.05) is 12.4 Å². The maximum absolute atomic E-state index is 6.05. The molecule has 0 N–H and O–H groups in total. The van der Waals surface area contributed by atoms with Gasteiger partial charge < -0.3 is 9.47 Å². The van der Waals surface area contributed by atoms with Gasteiger partial charge in [-0.05, 0) is 73.0 Å². The number of thioether (sulfide) groups is 1. The zero-order valence-electron chi connectivity index (χ0n) is 17.4. The van der Waals surface area contributed by atoms with Gasteiger partial charge in [-0.3, -0.25) is 0 Å². The molecule has 0 atom stereocenters. The highest BCUT2D eigenvalue weighted by molar-refractivity contribution is 7.99. The third kappa shape index (κ3) is 4.30. The molecule has 0 bridgehead atoms. The average Bonchev–Trinajstić information content (AvgIpc) is 3.30. The fourth-order valence-electron chi connectivity index (χ4n) is 3.78. The van der Waals surface area contributed by atoms with E-state index in [1.165, 1.54) is 15.8 Å². The number of fused-ring (bicyclic) bond motifs is 3. The maximum atomic E-state index is 6.05. The molecule has 0 saturated carbocycles. The van der Waals surface area contributed by atoms with Gasteiger partial charge >= 0.3 is 0 Å². The number of hydrogen-bond acceptors (Lipinski definition) is 4. The van der Waals surface area contributed by atoms with E-state index in [0.29, 0.717) is 6.61 Å². The normalized spacial score (nSPS) is 12.9. The summed E-state index contributed by atoms with van der Waals surface area (Å²) in [6.45, 7) is 2.67. The van der Waals surface area contributed by atoms with Crippen molar-refractivity contribution in [3.05, 3.63) is 89.6 Å². The van der Waals surface area contributed by atoms with Gasteiger partial charge in [-0.1, -0.05) is 36.4 Å². The summed E-state index contributed by atoms with van der Waals surface area (Å²) in [7, 11) is 0. The highest BCUT2D eigenvalue weighted by atomic mass is 32.2. The minimum Gasteiger partial charge on any atom is -0.494 e. The zero-order valence-corrected chi connectivity index (χ0v) is 18.2. The van der Waals surface area contributed by atoms with E-state index < -0.39 is 0 Å². The van der Waals surface area contributed by atoms with E-state index in [9.17, 15) is 0 Å². The Balaban J connectivity index is 1.46. The third-order valence-corrected chi connectivity index (χ3v) is 6.40. The van der Waals surface area contributed by atoms with E-state index in [1.54, 1.807) is 0 Å². The molecule has 1 aliphatic heterocycles. The van der Waals surface area contributed by atoms with Gasteiger partial charge in [0.05, 0.1) is 17.8 Å². The lowest BCUT2D eigenvalue weighted by Crippen LogP contribution is -1.94. The Morgan fingerprint density at radius 2 is 1.71 bits per heavy atom. The molecule has 1 aliphatic rings. The molecule has 3 nitrogen and oxygen atoms in total. The van der Waals surface area contributed by atoms with Gasteiger partial charge in [0.15, 0.2) is 0 Å². The number of rotatable bonds is 6. The molecule has 2 heterocycles. The first-order valence-corrected chi connectivity index (χ1v) is 11.5. The van der Waals surface area contributed by atoms with Crippen LogP contribution < -0.4 is 9.47 Å². The van der Waals surface area contributed by atoms with E-state index in [4.69, 9.17) is 14.5 Å². The molecule has 0 fully saturated rings. The molecule has 4 heteroatoms. The number of benzene rings is 3. The maximum Gasteiger partial charge on any atom is 0.128 e. The van der Waals surface area contributed by atoms with Crippen molar-refractivity contribution >= 4 is 34.8 Å². The Morgan fingerprint density at radius 3 is 2.52 bits per heavy atom. The number of aromatic nitrogens is 1. The van der Waals surface area contributed by atoms with Gasteiger partial charge in [0.25, 0.3) is 0 Å². The standard InChI is InChI=1S/C27H23NO2S/c1-2-29-20-11-8-19(9-12-20)10-14-25-23-16-17-31-27(23)24-18-22(13-15-26(24)28-25)30-21-6-4-3-5-7-21/h3-15,18H,2,16-17H2,1H3. The number of ether oxygens (including phenoxy) is 2. The molecule has 0 aliphatic carbocycles. The largest absolute Gasteiger partial charge is 0.494 e. The number of nitrogens with zero attached hydrogens (tertiary/aromatic N) is 1. The van der Waals surface area contributed by atoms with Crippen LogP contribution in [-0.4, -0.2) is 17.3 Å². The predicted molar refractivity (Wildman–Crippen MR) is 129 cm³/mol. The fraction of sp³-hybridized carbons (Fsp3) is 0.148. The molecule has 3 aromatic carbocycles. The fourth-order valence-corrected chi connectivity index (χ4v) is 4.99. The quantitative estimate of drug-likeness (QED) is 0.326. The van der Waals surface area contributed by atoms with Crippen LogP contribution in [0.5, 0.6) is 17.2 Å².